The quantitative estimate of drug-likeness (QED) is 0.929. The maximum Gasteiger partial charge on any atom is 0.151 e. The summed E-state index contributed by atoms with van der Waals surface area (Å²) in [7, 11) is 4.00. The SMILES string of the molecule is CN(C)c1ncccc1NC1COCc2ccccc21. The van der Waals surface area contributed by atoms with Crippen LogP contribution in [0.25, 0.3) is 0 Å². The van der Waals surface area contributed by atoms with Gasteiger partial charge in [0.25, 0.3) is 0 Å². The zero-order valence-corrected chi connectivity index (χ0v) is 11.8. The van der Waals surface area contributed by atoms with Crippen LogP contribution in [-0.4, -0.2) is 25.7 Å². The minimum atomic E-state index is 0.169. The van der Waals surface area contributed by atoms with Gasteiger partial charge in [-0.1, -0.05) is 24.3 Å². The summed E-state index contributed by atoms with van der Waals surface area (Å²) in [6.07, 6.45) is 1.81. The van der Waals surface area contributed by atoms with E-state index in [0.29, 0.717) is 13.2 Å². The van der Waals surface area contributed by atoms with Gasteiger partial charge in [0.1, 0.15) is 0 Å². The van der Waals surface area contributed by atoms with Gasteiger partial charge in [-0.05, 0) is 23.3 Å². The van der Waals surface area contributed by atoms with Gasteiger partial charge >= 0.3 is 0 Å². The topological polar surface area (TPSA) is 37.4 Å². The second kappa shape index (κ2) is 5.51. The summed E-state index contributed by atoms with van der Waals surface area (Å²) >= 11 is 0. The third-order valence-corrected chi connectivity index (χ3v) is 3.51. The first-order valence-corrected chi connectivity index (χ1v) is 6.80. The van der Waals surface area contributed by atoms with Crippen molar-refractivity contribution in [3.63, 3.8) is 0 Å². The molecule has 1 aliphatic heterocycles. The highest BCUT2D eigenvalue weighted by atomic mass is 16.5. The lowest BCUT2D eigenvalue weighted by atomic mass is 9.99. The lowest BCUT2D eigenvalue weighted by Gasteiger charge is -2.28. The van der Waals surface area contributed by atoms with Crippen molar-refractivity contribution in [2.45, 2.75) is 12.6 Å². The Bertz CT molecular complexity index is 598. The predicted octanol–water partition coefficient (Wildman–Crippen LogP) is 2.83. The van der Waals surface area contributed by atoms with Crippen LogP contribution in [0.2, 0.25) is 0 Å². The largest absolute Gasteiger partial charge is 0.374 e. The molecule has 0 aliphatic carbocycles. The lowest BCUT2D eigenvalue weighted by molar-refractivity contribution is 0.0970. The van der Waals surface area contributed by atoms with E-state index in [1.165, 1.54) is 11.1 Å². The number of aromatic nitrogens is 1. The first-order chi connectivity index (χ1) is 9.75. The molecule has 1 aromatic heterocycles. The summed E-state index contributed by atoms with van der Waals surface area (Å²) in [5, 5.41) is 3.56. The number of fused-ring (bicyclic) bond motifs is 1. The Balaban J connectivity index is 1.90. The minimum Gasteiger partial charge on any atom is -0.374 e. The maximum atomic E-state index is 5.68. The molecular formula is C16H19N3O. The van der Waals surface area contributed by atoms with E-state index in [1.807, 2.05) is 31.3 Å². The average molecular weight is 269 g/mol. The van der Waals surface area contributed by atoms with Crippen molar-refractivity contribution in [1.29, 1.82) is 0 Å². The van der Waals surface area contributed by atoms with E-state index >= 15 is 0 Å². The molecule has 1 aliphatic rings. The Kier molecular flexibility index (Phi) is 3.56. The van der Waals surface area contributed by atoms with Gasteiger partial charge in [0, 0.05) is 20.3 Å². The van der Waals surface area contributed by atoms with Crippen molar-refractivity contribution in [3.05, 3.63) is 53.7 Å². The second-order valence-corrected chi connectivity index (χ2v) is 5.18. The van der Waals surface area contributed by atoms with Crippen LogP contribution < -0.4 is 10.2 Å². The summed E-state index contributed by atoms with van der Waals surface area (Å²) in [6, 6.07) is 12.6. The number of pyridine rings is 1. The highest BCUT2D eigenvalue weighted by Crippen LogP contribution is 2.30. The lowest BCUT2D eigenvalue weighted by Crippen LogP contribution is -2.24. The molecule has 0 saturated heterocycles. The summed E-state index contributed by atoms with van der Waals surface area (Å²) in [4.78, 5) is 6.43. The molecule has 0 saturated carbocycles. The van der Waals surface area contributed by atoms with E-state index in [0.717, 1.165) is 11.5 Å². The Morgan fingerprint density at radius 2 is 2.05 bits per heavy atom. The van der Waals surface area contributed by atoms with Crippen molar-refractivity contribution in [2.24, 2.45) is 0 Å². The van der Waals surface area contributed by atoms with Crippen LogP contribution in [0.5, 0.6) is 0 Å². The van der Waals surface area contributed by atoms with Crippen LogP contribution in [0.15, 0.2) is 42.6 Å². The number of ether oxygens (including phenoxy) is 1. The molecule has 2 heterocycles. The van der Waals surface area contributed by atoms with Gasteiger partial charge in [-0.25, -0.2) is 4.98 Å². The number of hydrogen-bond acceptors (Lipinski definition) is 4. The highest BCUT2D eigenvalue weighted by Gasteiger charge is 2.21. The molecule has 0 fully saturated rings. The second-order valence-electron chi connectivity index (χ2n) is 5.18. The van der Waals surface area contributed by atoms with Gasteiger partial charge in [-0.3, -0.25) is 0 Å². The van der Waals surface area contributed by atoms with Crippen molar-refractivity contribution in [3.8, 4) is 0 Å². The zero-order chi connectivity index (χ0) is 13.9. The zero-order valence-electron chi connectivity index (χ0n) is 11.8. The number of rotatable bonds is 3. The van der Waals surface area contributed by atoms with Gasteiger partial charge in [-0.2, -0.15) is 0 Å². The number of hydrogen-bond donors (Lipinski definition) is 1. The normalized spacial score (nSPS) is 17.4. The molecule has 1 atom stereocenters. The van der Waals surface area contributed by atoms with Crippen LogP contribution >= 0.6 is 0 Å². The summed E-state index contributed by atoms with van der Waals surface area (Å²) in [6.45, 7) is 1.38. The van der Waals surface area contributed by atoms with Crippen LogP contribution in [0.1, 0.15) is 17.2 Å². The molecule has 0 amide bonds. The average Bonchev–Trinajstić information content (AvgIpc) is 2.48. The first-order valence-electron chi connectivity index (χ1n) is 6.80. The summed E-state index contributed by atoms with van der Waals surface area (Å²) in [5.41, 5.74) is 3.60. The molecule has 1 aromatic carbocycles. The minimum absolute atomic E-state index is 0.169. The van der Waals surface area contributed by atoms with Gasteiger partial charge in [0.15, 0.2) is 5.82 Å². The Morgan fingerprint density at radius 3 is 2.90 bits per heavy atom. The van der Waals surface area contributed by atoms with E-state index in [2.05, 4.69) is 40.6 Å². The van der Waals surface area contributed by atoms with Gasteiger partial charge in [0.2, 0.25) is 0 Å². The Morgan fingerprint density at radius 1 is 1.20 bits per heavy atom. The monoisotopic (exact) mass is 269 g/mol. The fraction of sp³-hybridized carbons (Fsp3) is 0.312. The smallest absolute Gasteiger partial charge is 0.151 e. The highest BCUT2D eigenvalue weighted by molar-refractivity contribution is 5.65. The molecule has 4 heteroatoms. The Labute approximate surface area is 119 Å². The molecule has 1 unspecified atom stereocenters. The molecule has 0 spiro atoms. The Hall–Kier alpha value is -2.07. The van der Waals surface area contributed by atoms with E-state index in [9.17, 15) is 0 Å². The van der Waals surface area contributed by atoms with Crippen LogP contribution in [0.4, 0.5) is 11.5 Å². The van der Waals surface area contributed by atoms with Crippen molar-refractivity contribution < 1.29 is 4.74 Å². The van der Waals surface area contributed by atoms with Gasteiger partial charge < -0.3 is 15.0 Å². The van der Waals surface area contributed by atoms with Crippen LogP contribution in [0, 0.1) is 0 Å². The molecule has 1 N–H and O–H groups in total. The molecule has 4 nitrogen and oxygen atoms in total. The molecule has 104 valence electrons. The van der Waals surface area contributed by atoms with Gasteiger partial charge in [-0.15, -0.1) is 0 Å². The number of benzene rings is 1. The fourth-order valence-corrected chi connectivity index (χ4v) is 2.56. The number of anilines is 2. The molecule has 0 radical (unpaired) electrons. The van der Waals surface area contributed by atoms with Crippen molar-refractivity contribution in [2.75, 3.05) is 30.9 Å². The van der Waals surface area contributed by atoms with Crippen molar-refractivity contribution >= 4 is 11.5 Å². The molecular weight excluding hydrogens is 250 g/mol. The van der Waals surface area contributed by atoms with Crippen LogP contribution in [-0.2, 0) is 11.3 Å². The first kappa shape index (κ1) is 12.9. The maximum absolute atomic E-state index is 5.68. The molecule has 0 bridgehead atoms. The molecule has 20 heavy (non-hydrogen) atoms. The molecule has 2 aromatic rings. The molecule has 3 rings (SSSR count). The standard InChI is InChI=1S/C16H19N3O/c1-19(2)16-14(8-5-9-17-16)18-15-11-20-10-12-6-3-4-7-13(12)15/h3-9,15,18H,10-11H2,1-2H3. The van der Waals surface area contributed by atoms with E-state index in [4.69, 9.17) is 4.74 Å². The van der Waals surface area contributed by atoms with Crippen molar-refractivity contribution in [1.82, 2.24) is 4.98 Å². The van der Waals surface area contributed by atoms with Gasteiger partial charge in [0.05, 0.1) is 24.9 Å². The van der Waals surface area contributed by atoms with E-state index < -0.39 is 0 Å². The summed E-state index contributed by atoms with van der Waals surface area (Å²) < 4.78 is 5.68. The third kappa shape index (κ3) is 2.47. The third-order valence-electron chi connectivity index (χ3n) is 3.51. The van der Waals surface area contributed by atoms with Crippen LogP contribution in [0.3, 0.4) is 0 Å². The fourth-order valence-electron chi connectivity index (χ4n) is 2.56. The van der Waals surface area contributed by atoms with E-state index in [1.54, 1.807) is 0 Å². The predicted molar refractivity (Wildman–Crippen MR) is 81.0 cm³/mol. The number of nitrogens with zero attached hydrogens (tertiary/aromatic N) is 2. The summed E-state index contributed by atoms with van der Waals surface area (Å²) in [5.74, 6) is 0.940. The number of nitrogens with one attached hydrogen (secondary N) is 1. The van der Waals surface area contributed by atoms with E-state index in [-0.39, 0.29) is 6.04 Å².